The van der Waals surface area contributed by atoms with Gasteiger partial charge >= 0.3 is 12.4 Å². The largest absolute Gasteiger partial charge is 0.457 e. The van der Waals surface area contributed by atoms with Crippen LogP contribution >= 0.6 is 23.2 Å². The van der Waals surface area contributed by atoms with Crippen LogP contribution in [0.1, 0.15) is 27.8 Å². The number of carbonyl (C=O) groups is 6. The van der Waals surface area contributed by atoms with Gasteiger partial charge in [0.25, 0.3) is 0 Å². The van der Waals surface area contributed by atoms with Crippen molar-refractivity contribution in [2.75, 3.05) is 31.9 Å². The van der Waals surface area contributed by atoms with Crippen LogP contribution < -0.4 is 60.3 Å². The molecule has 12 aromatic rings. The van der Waals surface area contributed by atoms with E-state index in [1.807, 2.05) is 111 Å². The molecule has 0 radical (unpaired) electrons. The summed E-state index contributed by atoms with van der Waals surface area (Å²) in [5.74, 6) is 4.56. The Morgan fingerprint density at radius 3 is 0.752 bits per heavy atom. The van der Waals surface area contributed by atoms with Gasteiger partial charge < -0.3 is 60.3 Å². The smallest absolute Gasteiger partial charge is 0.416 e. The lowest BCUT2D eigenvalue weighted by Gasteiger charge is -2.13. The summed E-state index contributed by atoms with van der Waals surface area (Å²) >= 11 is 11.6. The second kappa shape index (κ2) is 47.2. The van der Waals surface area contributed by atoms with E-state index in [4.69, 9.17) is 51.6 Å². The van der Waals surface area contributed by atoms with Crippen LogP contribution in [0, 0.1) is 20.8 Å². The fraction of sp³-hybridized carbons (Fsp3) is 0.0526. The Labute approximate surface area is 705 Å². The lowest BCUT2D eigenvalue weighted by Crippen LogP contribution is -2.07. The zero-order valence-electron chi connectivity index (χ0n) is 65.3. The SMILES string of the molecule is C=CC(=O)Nc1ccc(C)c(Oc2ccc(Cl)cc2)c1.C=CC(=O)Nc1ccc(C)c(Oc2cccc(C(F)(F)F)c2)c1.C=CC(=O)Nc1ccc(C)c(Oc2ccccc2)c1.C=CC(=O)Nc1cccc(Oc2ccc(Cl)cc2)c1.C=CC(=O)Nc1cccc(Oc2cccc(C(F)(F)F)c2)c1.C=CC(=O)Nc1cccc(Oc2ccccc2)c1. The van der Waals surface area contributed by atoms with Gasteiger partial charge in [0.1, 0.15) is 69.0 Å². The fourth-order valence-corrected chi connectivity index (χ4v) is 9.93. The van der Waals surface area contributed by atoms with E-state index >= 15 is 0 Å². The molecule has 26 heteroatoms. The van der Waals surface area contributed by atoms with Crippen molar-refractivity contribution < 1.29 is 83.5 Å². The third kappa shape index (κ3) is 33.5. The second-order valence-electron chi connectivity index (χ2n) is 24.9. The number of para-hydroxylation sites is 2. The molecular weight excluding hydrogens is 1600 g/mol. The van der Waals surface area contributed by atoms with Gasteiger partial charge in [0.2, 0.25) is 35.4 Å². The maximum Gasteiger partial charge on any atom is 0.416 e. The number of benzene rings is 12. The summed E-state index contributed by atoms with van der Waals surface area (Å²) < 4.78 is 110. The summed E-state index contributed by atoms with van der Waals surface area (Å²) in [5.41, 5.74) is 4.69. The normalized spacial score (nSPS) is 10.2. The van der Waals surface area contributed by atoms with E-state index in [9.17, 15) is 55.1 Å². The van der Waals surface area contributed by atoms with Gasteiger partial charge in [-0.1, -0.05) is 148 Å². The van der Waals surface area contributed by atoms with E-state index < -0.39 is 29.4 Å². The maximum atomic E-state index is 12.7. The molecule has 0 saturated heterocycles. The lowest BCUT2D eigenvalue weighted by molar-refractivity contribution is -0.138. The molecule has 18 nitrogen and oxygen atoms in total. The highest BCUT2D eigenvalue weighted by Crippen LogP contribution is 2.37. The summed E-state index contributed by atoms with van der Waals surface area (Å²) in [5, 5.41) is 17.2. The summed E-state index contributed by atoms with van der Waals surface area (Å²) in [4.78, 5) is 67.4. The Kier molecular flexibility index (Phi) is 36.3. The van der Waals surface area contributed by atoms with Crippen LogP contribution in [0.3, 0.4) is 0 Å². The van der Waals surface area contributed by atoms with Crippen LogP contribution in [0.5, 0.6) is 69.0 Å². The van der Waals surface area contributed by atoms with Gasteiger partial charge in [-0.15, -0.1) is 0 Å². The minimum Gasteiger partial charge on any atom is -0.457 e. The predicted octanol–water partition coefficient (Wildman–Crippen LogP) is 25.9. The summed E-state index contributed by atoms with van der Waals surface area (Å²) in [6.45, 7) is 26.0. The van der Waals surface area contributed by atoms with Gasteiger partial charge in [-0.05, 0) is 238 Å². The van der Waals surface area contributed by atoms with Gasteiger partial charge in [0.05, 0.1) is 11.1 Å². The molecule has 0 saturated carbocycles. The number of carbonyl (C=O) groups excluding carboxylic acids is 6. The third-order valence-electron chi connectivity index (χ3n) is 15.6. The molecule has 6 amide bonds. The minimum atomic E-state index is -4.44. The molecule has 6 N–H and O–H groups in total. The average molecular weight is 1680 g/mol. The molecule has 0 heterocycles. The van der Waals surface area contributed by atoms with Crippen LogP contribution in [-0.2, 0) is 41.1 Å². The number of alkyl halides is 6. The van der Waals surface area contributed by atoms with Crippen molar-refractivity contribution in [3.8, 4) is 69.0 Å². The first-order valence-electron chi connectivity index (χ1n) is 36.2. The zero-order valence-corrected chi connectivity index (χ0v) is 66.8. The Hall–Kier alpha value is -15.1. The number of nitrogens with one attached hydrogen (secondary N) is 6. The highest BCUT2D eigenvalue weighted by atomic mass is 35.5. The number of anilines is 6. The van der Waals surface area contributed by atoms with Crippen LogP contribution in [0.2, 0.25) is 10.0 Å². The molecule has 0 aromatic heterocycles. The van der Waals surface area contributed by atoms with Gasteiger partial charge in [-0.3, -0.25) is 28.8 Å². The number of amides is 6. The van der Waals surface area contributed by atoms with Crippen LogP contribution in [-0.4, -0.2) is 35.4 Å². The number of rotatable bonds is 24. The highest BCUT2D eigenvalue weighted by molar-refractivity contribution is 6.30. The zero-order chi connectivity index (χ0) is 87.9. The van der Waals surface area contributed by atoms with Crippen molar-refractivity contribution in [1.82, 2.24) is 0 Å². The molecule has 0 aliphatic rings. The molecule has 618 valence electrons. The number of ether oxygens (including phenoxy) is 6. The van der Waals surface area contributed by atoms with Crippen LogP contribution in [0.15, 0.2) is 361 Å². The van der Waals surface area contributed by atoms with E-state index in [0.717, 1.165) is 64.6 Å². The van der Waals surface area contributed by atoms with E-state index in [1.54, 1.807) is 134 Å². The van der Waals surface area contributed by atoms with Crippen LogP contribution in [0.25, 0.3) is 0 Å². The first-order valence-corrected chi connectivity index (χ1v) is 36.9. The molecule has 0 aliphatic carbocycles. The standard InChI is InChI=1S/C17H14F3NO2.C16H14ClNO2.C16H12F3NO2.C16H15NO2.C15H12ClNO2.C15H13NO2/c1-3-16(22)21-13-8-7-11(2)15(10-13)23-14-6-4-5-12(9-14)17(18,19)20;1-3-16(19)18-13-7-4-11(2)15(10-13)20-14-8-5-12(17)6-9-14;1-2-15(21)20-12-6-4-8-14(10-12)22-13-7-3-5-11(9-13)16(17,18)19;1-3-16(18)17-13-10-9-12(2)15(11-13)19-14-7-5-4-6-8-14;1-2-15(18)17-12-4-3-5-14(10-12)19-13-8-6-11(16)7-9-13;1-2-15(17)16-12-7-6-10-14(11-12)18-13-8-4-3-5-9-13/h3-10H,1H2,2H3,(H,21,22);3-10H,1H2,2H3,(H,18,19);2-10H,1H2,(H,20,21);3-11H,1H2,2H3,(H,17,18);2-10H,1H2,(H,17,18);2-11H,1H2,(H,16,17). The molecule has 0 bridgehead atoms. The molecule has 121 heavy (non-hydrogen) atoms. The van der Waals surface area contributed by atoms with Crippen molar-refractivity contribution in [2.45, 2.75) is 33.1 Å². The molecule has 0 atom stereocenters. The van der Waals surface area contributed by atoms with Gasteiger partial charge in [0, 0.05) is 80.6 Å². The Balaban J connectivity index is 0.000000200. The molecule has 0 unspecified atom stereocenters. The first kappa shape index (κ1) is 93.0. The average Bonchev–Trinajstić information content (AvgIpc) is 0.864. The maximum absolute atomic E-state index is 12.7. The quantitative estimate of drug-likeness (QED) is 0.0245. The molecule has 0 aliphatic heterocycles. The lowest BCUT2D eigenvalue weighted by atomic mass is 10.2. The fourth-order valence-electron chi connectivity index (χ4n) is 9.68. The van der Waals surface area contributed by atoms with Crippen molar-refractivity contribution in [1.29, 1.82) is 0 Å². The Morgan fingerprint density at radius 2 is 0.471 bits per heavy atom. The van der Waals surface area contributed by atoms with E-state index in [-0.39, 0.29) is 41.0 Å². The van der Waals surface area contributed by atoms with Gasteiger partial charge in [0.15, 0.2) is 0 Å². The summed E-state index contributed by atoms with van der Waals surface area (Å²) in [6, 6.07) is 78.8. The Morgan fingerprint density at radius 1 is 0.256 bits per heavy atom. The first-order chi connectivity index (χ1) is 57.9. The monoisotopic (exact) mass is 1680 g/mol. The number of halogens is 8. The number of hydrogen-bond donors (Lipinski definition) is 6. The van der Waals surface area contributed by atoms with Gasteiger partial charge in [-0.2, -0.15) is 26.3 Å². The second-order valence-corrected chi connectivity index (χ2v) is 25.8. The van der Waals surface area contributed by atoms with Crippen LogP contribution in [0.4, 0.5) is 60.5 Å². The van der Waals surface area contributed by atoms with E-state index in [1.165, 1.54) is 60.7 Å². The summed E-state index contributed by atoms with van der Waals surface area (Å²) in [7, 11) is 0. The summed E-state index contributed by atoms with van der Waals surface area (Å²) in [6.07, 6.45) is -1.74. The molecular formula is C95H80Cl2F6N6O12. The number of aryl methyl sites for hydroxylation is 3. The predicted molar refractivity (Wildman–Crippen MR) is 465 cm³/mol. The molecule has 12 rings (SSSR count). The third-order valence-corrected chi connectivity index (χ3v) is 16.1. The topological polar surface area (TPSA) is 230 Å². The van der Waals surface area contributed by atoms with E-state index in [2.05, 4.69) is 71.4 Å². The van der Waals surface area contributed by atoms with Gasteiger partial charge in [-0.25, -0.2) is 0 Å². The minimum absolute atomic E-state index is 0.0574. The highest BCUT2D eigenvalue weighted by Gasteiger charge is 2.32. The van der Waals surface area contributed by atoms with Crippen molar-refractivity contribution in [2.24, 2.45) is 0 Å². The molecule has 0 spiro atoms. The van der Waals surface area contributed by atoms with Crippen molar-refractivity contribution >= 4 is 92.8 Å². The number of hydrogen-bond acceptors (Lipinski definition) is 12. The molecule has 0 fully saturated rings. The van der Waals surface area contributed by atoms with Crippen molar-refractivity contribution in [3.63, 3.8) is 0 Å². The van der Waals surface area contributed by atoms with Crippen molar-refractivity contribution in [3.05, 3.63) is 399 Å². The van der Waals surface area contributed by atoms with E-state index in [0.29, 0.717) is 90.2 Å². The molecule has 12 aromatic carbocycles. The Bertz CT molecular complexity index is 5580.